The van der Waals surface area contributed by atoms with Gasteiger partial charge in [0.15, 0.2) is 11.5 Å². The number of fused-ring (bicyclic) bond motifs is 1. The normalized spacial score (nSPS) is 10.8. The molecule has 0 N–H and O–H groups in total. The van der Waals surface area contributed by atoms with Crippen molar-refractivity contribution in [2.24, 2.45) is 0 Å². The van der Waals surface area contributed by atoms with Gasteiger partial charge in [-0.25, -0.2) is 9.50 Å². The van der Waals surface area contributed by atoms with Crippen LogP contribution < -0.4 is 4.74 Å². The Labute approximate surface area is 111 Å². The first-order valence-electron chi connectivity index (χ1n) is 6.32. The van der Waals surface area contributed by atoms with Crippen LogP contribution in [0.3, 0.4) is 0 Å². The molecule has 2 heterocycles. The second kappa shape index (κ2) is 5.10. The van der Waals surface area contributed by atoms with Crippen molar-refractivity contribution >= 4 is 5.65 Å². The number of para-hydroxylation sites is 1. The first kappa shape index (κ1) is 11.7. The molecular weight excluding hydrogens is 238 g/mol. The first-order valence-corrected chi connectivity index (χ1v) is 6.32. The minimum absolute atomic E-state index is 0.583. The molecule has 0 amide bonds. The summed E-state index contributed by atoms with van der Waals surface area (Å²) in [6, 6.07) is 13.8. The third-order valence-corrected chi connectivity index (χ3v) is 2.94. The summed E-state index contributed by atoms with van der Waals surface area (Å²) in [4.78, 5) is 4.52. The van der Waals surface area contributed by atoms with Gasteiger partial charge < -0.3 is 4.74 Å². The van der Waals surface area contributed by atoms with Crippen LogP contribution in [0.4, 0.5) is 0 Å². The fourth-order valence-electron chi connectivity index (χ4n) is 1.97. The minimum Gasteiger partial charge on any atom is -0.493 e. The average molecular weight is 253 g/mol. The van der Waals surface area contributed by atoms with Crippen LogP contribution in [0.1, 0.15) is 11.4 Å². The molecule has 2 aromatic heterocycles. The summed E-state index contributed by atoms with van der Waals surface area (Å²) in [6.07, 6.45) is 2.62. The lowest BCUT2D eigenvalue weighted by molar-refractivity contribution is 0.319. The number of hydrogen-bond donors (Lipinski definition) is 0. The quantitative estimate of drug-likeness (QED) is 0.717. The second-order valence-electron chi connectivity index (χ2n) is 4.40. The first-order chi connectivity index (χ1) is 9.33. The van der Waals surface area contributed by atoms with Crippen LogP contribution in [0.15, 0.2) is 48.7 Å². The fraction of sp³-hybridized carbons (Fsp3) is 0.200. The Kier molecular flexibility index (Phi) is 3.14. The van der Waals surface area contributed by atoms with Crippen molar-refractivity contribution in [3.63, 3.8) is 0 Å². The highest BCUT2D eigenvalue weighted by atomic mass is 16.5. The molecule has 0 saturated heterocycles. The van der Waals surface area contributed by atoms with Crippen molar-refractivity contribution in [3.05, 3.63) is 60.0 Å². The maximum absolute atomic E-state index is 5.65. The Bertz CT molecular complexity index is 676. The highest BCUT2D eigenvalue weighted by molar-refractivity contribution is 5.45. The predicted molar refractivity (Wildman–Crippen MR) is 73.4 cm³/mol. The third kappa shape index (κ3) is 2.57. The molecule has 0 aliphatic heterocycles. The number of rotatable bonds is 4. The van der Waals surface area contributed by atoms with Crippen LogP contribution in [0, 0.1) is 6.92 Å². The lowest BCUT2D eigenvalue weighted by Crippen LogP contribution is -2.02. The molecule has 0 spiro atoms. The summed E-state index contributed by atoms with van der Waals surface area (Å²) in [5, 5.41) is 4.43. The Morgan fingerprint density at radius 3 is 2.74 bits per heavy atom. The molecule has 0 bridgehead atoms. The van der Waals surface area contributed by atoms with Crippen molar-refractivity contribution < 1.29 is 4.74 Å². The van der Waals surface area contributed by atoms with E-state index in [1.54, 1.807) is 0 Å². The van der Waals surface area contributed by atoms with Gasteiger partial charge in [0, 0.05) is 12.6 Å². The zero-order valence-electron chi connectivity index (χ0n) is 10.8. The minimum atomic E-state index is 0.583. The van der Waals surface area contributed by atoms with Gasteiger partial charge in [0.05, 0.1) is 6.61 Å². The molecule has 0 saturated carbocycles. The maximum atomic E-state index is 5.65. The summed E-state index contributed by atoms with van der Waals surface area (Å²) in [6.45, 7) is 2.62. The zero-order chi connectivity index (χ0) is 13.1. The van der Waals surface area contributed by atoms with Gasteiger partial charge in [0.2, 0.25) is 0 Å². The zero-order valence-corrected chi connectivity index (χ0v) is 10.8. The molecule has 0 fully saturated rings. The van der Waals surface area contributed by atoms with Crippen molar-refractivity contribution in [2.45, 2.75) is 13.3 Å². The number of benzene rings is 1. The molecule has 0 atom stereocenters. The molecule has 4 heteroatoms. The molecule has 3 rings (SSSR count). The number of pyridine rings is 1. The molecule has 3 aromatic rings. The fourth-order valence-corrected chi connectivity index (χ4v) is 1.97. The Hall–Kier alpha value is -2.36. The van der Waals surface area contributed by atoms with E-state index in [9.17, 15) is 0 Å². The van der Waals surface area contributed by atoms with E-state index in [0.29, 0.717) is 13.0 Å². The summed E-state index contributed by atoms with van der Waals surface area (Å²) >= 11 is 0. The van der Waals surface area contributed by atoms with E-state index in [1.165, 1.54) is 0 Å². The van der Waals surface area contributed by atoms with E-state index in [0.717, 1.165) is 22.8 Å². The largest absolute Gasteiger partial charge is 0.493 e. The monoisotopic (exact) mass is 253 g/mol. The summed E-state index contributed by atoms with van der Waals surface area (Å²) in [5.41, 5.74) is 2.04. The van der Waals surface area contributed by atoms with E-state index >= 15 is 0 Å². The van der Waals surface area contributed by atoms with Gasteiger partial charge in [-0.05, 0) is 30.7 Å². The smallest absolute Gasteiger partial charge is 0.158 e. The van der Waals surface area contributed by atoms with Crippen LogP contribution in [-0.2, 0) is 6.42 Å². The van der Waals surface area contributed by atoms with Crippen LogP contribution in [0.5, 0.6) is 5.75 Å². The molecule has 0 radical (unpaired) electrons. The highest BCUT2D eigenvalue weighted by Gasteiger charge is 2.05. The Balaban J connectivity index is 1.67. The molecule has 0 aliphatic rings. The van der Waals surface area contributed by atoms with Crippen molar-refractivity contribution in [3.8, 4) is 5.75 Å². The molecule has 19 heavy (non-hydrogen) atoms. The van der Waals surface area contributed by atoms with Gasteiger partial charge >= 0.3 is 0 Å². The summed E-state index contributed by atoms with van der Waals surface area (Å²) in [5.74, 6) is 1.69. The van der Waals surface area contributed by atoms with Crippen LogP contribution >= 0.6 is 0 Å². The molecular formula is C15H15N3O. The van der Waals surface area contributed by atoms with Crippen molar-refractivity contribution in [1.82, 2.24) is 14.6 Å². The van der Waals surface area contributed by atoms with Gasteiger partial charge in [0.25, 0.3) is 0 Å². The van der Waals surface area contributed by atoms with Gasteiger partial charge in [-0.15, -0.1) is 0 Å². The van der Waals surface area contributed by atoms with Gasteiger partial charge in [-0.3, -0.25) is 0 Å². The molecule has 4 nitrogen and oxygen atoms in total. The number of aromatic nitrogens is 3. The van der Waals surface area contributed by atoms with E-state index in [-0.39, 0.29) is 0 Å². The molecule has 0 aliphatic carbocycles. The number of aryl methyl sites for hydroxylation is 1. The Morgan fingerprint density at radius 1 is 1.11 bits per heavy atom. The SMILES string of the molecule is Cc1cccn2nc(CCOc3ccccc3)nc12. The Morgan fingerprint density at radius 2 is 1.95 bits per heavy atom. The maximum Gasteiger partial charge on any atom is 0.158 e. The van der Waals surface area contributed by atoms with Gasteiger partial charge in [-0.2, -0.15) is 5.10 Å². The number of hydrogen-bond acceptors (Lipinski definition) is 3. The van der Waals surface area contributed by atoms with Crippen molar-refractivity contribution in [2.75, 3.05) is 6.61 Å². The highest BCUT2D eigenvalue weighted by Crippen LogP contribution is 2.10. The van der Waals surface area contributed by atoms with E-state index in [1.807, 2.05) is 60.1 Å². The summed E-state index contributed by atoms with van der Waals surface area (Å²) in [7, 11) is 0. The van der Waals surface area contributed by atoms with Gasteiger partial charge in [0.1, 0.15) is 5.75 Å². The van der Waals surface area contributed by atoms with Crippen LogP contribution in [0.25, 0.3) is 5.65 Å². The second-order valence-corrected chi connectivity index (χ2v) is 4.40. The number of ether oxygens (including phenoxy) is 1. The third-order valence-electron chi connectivity index (χ3n) is 2.94. The van der Waals surface area contributed by atoms with Gasteiger partial charge in [-0.1, -0.05) is 24.3 Å². The number of nitrogens with zero attached hydrogens (tertiary/aromatic N) is 3. The lowest BCUT2D eigenvalue weighted by Gasteiger charge is -2.03. The van der Waals surface area contributed by atoms with Crippen LogP contribution in [-0.4, -0.2) is 21.2 Å². The van der Waals surface area contributed by atoms with E-state index < -0.39 is 0 Å². The lowest BCUT2D eigenvalue weighted by atomic mass is 10.3. The van der Waals surface area contributed by atoms with E-state index in [2.05, 4.69) is 10.1 Å². The van der Waals surface area contributed by atoms with Crippen molar-refractivity contribution in [1.29, 1.82) is 0 Å². The van der Waals surface area contributed by atoms with Crippen LogP contribution in [0.2, 0.25) is 0 Å². The molecule has 0 unspecified atom stereocenters. The standard InChI is InChI=1S/C15H15N3O/c1-12-6-5-10-18-15(12)16-14(17-18)9-11-19-13-7-3-2-4-8-13/h2-8,10H,9,11H2,1H3. The topological polar surface area (TPSA) is 39.4 Å². The predicted octanol–water partition coefficient (Wildman–Crippen LogP) is 2.66. The molecule has 1 aromatic carbocycles. The molecule has 96 valence electrons. The average Bonchev–Trinajstić information content (AvgIpc) is 2.84. The van der Waals surface area contributed by atoms with E-state index in [4.69, 9.17) is 4.74 Å². The summed E-state index contributed by atoms with van der Waals surface area (Å²) < 4.78 is 7.46.